The van der Waals surface area contributed by atoms with Crippen LogP contribution in [0, 0.1) is 5.92 Å². The summed E-state index contributed by atoms with van der Waals surface area (Å²) in [5, 5.41) is 9.40. The van der Waals surface area contributed by atoms with Crippen LogP contribution in [0.4, 0.5) is 0 Å². The summed E-state index contributed by atoms with van der Waals surface area (Å²) in [6, 6.07) is 1.63. The summed E-state index contributed by atoms with van der Waals surface area (Å²) >= 11 is 1.68. The maximum absolute atomic E-state index is 4.29. The second-order valence-corrected chi connectivity index (χ2v) is 5.70. The molecule has 2 aliphatic rings. The highest BCUT2D eigenvalue weighted by Crippen LogP contribution is 2.32. The average Bonchev–Trinajstić information content (AvgIpc) is 3.01. The van der Waals surface area contributed by atoms with Crippen molar-refractivity contribution in [3.63, 3.8) is 0 Å². The lowest BCUT2D eigenvalue weighted by Gasteiger charge is -2.20. The van der Waals surface area contributed by atoms with Crippen LogP contribution in [0.15, 0.2) is 10.9 Å². The lowest BCUT2D eigenvalue weighted by Crippen LogP contribution is -2.32. The SMILES string of the molecule is c1nc(CCNCC2CC3CCC2N3)cs1. The summed E-state index contributed by atoms with van der Waals surface area (Å²) in [4.78, 5) is 4.29. The number of hydrogen-bond acceptors (Lipinski definition) is 4. The van der Waals surface area contributed by atoms with Gasteiger partial charge in [0.05, 0.1) is 11.2 Å². The number of nitrogens with one attached hydrogen (secondary N) is 2. The van der Waals surface area contributed by atoms with Gasteiger partial charge in [0.1, 0.15) is 0 Å². The average molecular weight is 237 g/mol. The number of aromatic nitrogens is 1. The van der Waals surface area contributed by atoms with E-state index in [1.807, 2.05) is 5.51 Å². The van der Waals surface area contributed by atoms with Gasteiger partial charge in [-0.05, 0) is 31.7 Å². The minimum Gasteiger partial charge on any atom is -0.316 e. The van der Waals surface area contributed by atoms with Gasteiger partial charge in [0.15, 0.2) is 0 Å². The highest BCUT2D eigenvalue weighted by Gasteiger charge is 2.38. The monoisotopic (exact) mass is 237 g/mol. The molecule has 0 radical (unpaired) electrons. The molecule has 3 atom stereocenters. The molecular weight excluding hydrogens is 218 g/mol. The van der Waals surface area contributed by atoms with E-state index >= 15 is 0 Å². The van der Waals surface area contributed by atoms with Gasteiger partial charge in [-0.1, -0.05) is 0 Å². The minimum atomic E-state index is 0.803. The van der Waals surface area contributed by atoms with E-state index in [0.717, 1.165) is 31.0 Å². The van der Waals surface area contributed by atoms with Crippen LogP contribution < -0.4 is 10.6 Å². The zero-order valence-corrected chi connectivity index (χ0v) is 10.3. The first-order valence-corrected chi connectivity index (χ1v) is 7.20. The Hall–Kier alpha value is -0.450. The van der Waals surface area contributed by atoms with E-state index in [0.29, 0.717) is 0 Å². The molecule has 3 rings (SSSR count). The summed E-state index contributed by atoms with van der Waals surface area (Å²) in [5.41, 5.74) is 3.14. The predicted molar refractivity (Wildman–Crippen MR) is 66.7 cm³/mol. The molecule has 4 heteroatoms. The van der Waals surface area contributed by atoms with Crippen LogP contribution >= 0.6 is 11.3 Å². The number of nitrogens with zero attached hydrogens (tertiary/aromatic N) is 1. The molecule has 3 nitrogen and oxygen atoms in total. The summed E-state index contributed by atoms with van der Waals surface area (Å²) in [7, 11) is 0. The summed E-state index contributed by atoms with van der Waals surface area (Å²) in [6.45, 7) is 2.25. The molecule has 1 aromatic heterocycles. The Morgan fingerprint density at radius 3 is 3.19 bits per heavy atom. The zero-order chi connectivity index (χ0) is 10.8. The molecule has 16 heavy (non-hydrogen) atoms. The first-order chi connectivity index (χ1) is 7.92. The predicted octanol–water partition coefficient (Wildman–Crippen LogP) is 1.42. The Balaban J connectivity index is 1.35. The van der Waals surface area contributed by atoms with Crippen molar-refractivity contribution in [2.24, 2.45) is 5.92 Å². The molecular formula is C12H19N3S. The van der Waals surface area contributed by atoms with Crippen molar-refractivity contribution in [1.29, 1.82) is 0 Å². The van der Waals surface area contributed by atoms with Gasteiger partial charge in [0, 0.05) is 30.4 Å². The molecule has 3 unspecified atom stereocenters. The third-order valence-electron chi connectivity index (χ3n) is 3.88. The van der Waals surface area contributed by atoms with Crippen LogP contribution in [0.2, 0.25) is 0 Å². The molecule has 2 saturated heterocycles. The quantitative estimate of drug-likeness (QED) is 0.760. The zero-order valence-electron chi connectivity index (χ0n) is 9.48. The van der Waals surface area contributed by atoms with Crippen LogP contribution in [0.5, 0.6) is 0 Å². The van der Waals surface area contributed by atoms with E-state index in [9.17, 15) is 0 Å². The molecule has 0 amide bonds. The van der Waals surface area contributed by atoms with E-state index in [-0.39, 0.29) is 0 Å². The summed E-state index contributed by atoms with van der Waals surface area (Å²) in [5.74, 6) is 0.870. The fourth-order valence-electron chi connectivity index (χ4n) is 3.03. The maximum Gasteiger partial charge on any atom is 0.0794 e. The van der Waals surface area contributed by atoms with Crippen LogP contribution in [0.3, 0.4) is 0 Å². The normalized spacial score (nSPS) is 32.4. The smallest absolute Gasteiger partial charge is 0.0794 e. The Kier molecular flexibility index (Phi) is 3.22. The van der Waals surface area contributed by atoms with Crippen LogP contribution in [0.1, 0.15) is 25.0 Å². The van der Waals surface area contributed by atoms with E-state index in [2.05, 4.69) is 21.0 Å². The van der Waals surface area contributed by atoms with Crippen molar-refractivity contribution in [3.8, 4) is 0 Å². The van der Waals surface area contributed by atoms with E-state index in [1.54, 1.807) is 11.3 Å². The maximum atomic E-state index is 4.29. The first-order valence-electron chi connectivity index (χ1n) is 6.25. The molecule has 3 heterocycles. The second kappa shape index (κ2) is 4.82. The highest BCUT2D eigenvalue weighted by molar-refractivity contribution is 7.07. The highest BCUT2D eigenvalue weighted by atomic mass is 32.1. The Morgan fingerprint density at radius 2 is 2.50 bits per heavy atom. The fraction of sp³-hybridized carbons (Fsp3) is 0.750. The number of hydrogen-bond donors (Lipinski definition) is 2. The van der Waals surface area contributed by atoms with Crippen molar-refractivity contribution in [1.82, 2.24) is 15.6 Å². The lowest BCUT2D eigenvalue weighted by molar-refractivity contribution is 0.384. The lowest BCUT2D eigenvalue weighted by atomic mass is 9.89. The van der Waals surface area contributed by atoms with Gasteiger partial charge in [0.25, 0.3) is 0 Å². The third kappa shape index (κ3) is 2.29. The molecule has 0 spiro atoms. The molecule has 0 aliphatic carbocycles. The fourth-order valence-corrected chi connectivity index (χ4v) is 3.62. The van der Waals surface area contributed by atoms with E-state index < -0.39 is 0 Å². The Labute approximate surface area is 101 Å². The van der Waals surface area contributed by atoms with Crippen molar-refractivity contribution in [2.45, 2.75) is 37.8 Å². The molecule has 1 aromatic rings. The molecule has 0 saturated carbocycles. The molecule has 2 bridgehead atoms. The van der Waals surface area contributed by atoms with Gasteiger partial charge >= 0.3 is 0 Å². The van der Waals surface area contributed by atoms with Gasteiger partial charge in [0.2, 0.25) is 0 Å². The largest absolute Gasteiger partial charge is 0.316 e. The van der Waals surface area contributed by atoms with Gasteiger partial charge in [-0.2, -0.15) is 0 Å². The van der Waals surface area contributed by atoms with Crippen LogP contribution in [-0.2, 0) is 6.42 Å². The third-order valence-corrected chi connectivity index (χ3v) is 4.52. The minimum absolute atomic E-state index is 0.803. The van der Waals surface area contributed by atoms with Gasteiger partial charge in [-0.3, -0.25) is 0 Å². The molecule has 2 N–H and O–H groups in total. The topological polar surface area (TPSA) is 37.0 Å². The van der Waals surface area contributed by atoms with Crippen molar-refractivity contribution in [3.05, 3.63) is 16.6 Å². The summed E-state index contributed by atoms with van der Waals surface area (Å²) in [6.07, 6.45) is 5.25. The van der Waals surface area contributed by atoms with Crippen molar-refractivity contribution >= 4 is 11.3 Å². The number of thiazole rings is 1. The summed E-state index contributed by atoms with van der Waals surface area (Å²) < 4.78 is 0. The van der Waals surface area contributed by atoms with Gasteiger partial charge in [-0.25, -0.2) is 4.98 Å². The van der Waals surface area contributed by atoms with Crippen molar-refractivity contribution < 1.29 is 0 Å². The Bertz CT molecular complexity index is 325. The molecule has 88 valence electrons. The van der Waals surface area contributed by atoms with E-state index in [4.69, 9.17) is 0 Å². The first kappa shape index (κ1) is 10.7. The molecule has 2 fully saturated rings. The standard InChI is InChI=1S/C12H19N3S/c1-2-12-9(5-10(1)15-12)6-13-4-3-11-7-16-8-14-11/h7-10,12-13,15H,1-6H2. The van der Waals surface area contributed by atoms with Crippen LogP contribution in [-0.4, -0.2) is 30.2 Å². The van der Waals surface area contributed by atoms with Gasteiger partial charge in [-0.15, -0.1) is 11.3 Å². The molecule has 2 aliphatic heterocycles. The molecule has 0 aromatic carbocycles. The number of rotatable bonds is 5. The van der Waals surface area contributed by atoms with Crippen LogP contribution in [0.25, 0.3) is 0 Å². The van der Waals surface area contributed by atoms with E-state index in [1.165, 1.54) is 31.5 Å². The Morgan fingerprint density at radius 1 is 1.50 bits per heavy atom. The second-order valence-electron chi connectivity index (χ2n) is 4.98. The van der Waals surface area contributed by atoms with Gasteiger partial charge < -0.3 is 10.6 Å². The van der Waals surface area contributed by atoms with Crippen molar-refractivity contribution in [2.75, 3.05) is 13.1 Å². The number of fused-ring (bicyclic) bond motifs is 2.